The van der Waals surface area contributed by atoms with Gasteiger partial charge in [0.05, 0.1) is 13.2 Å². The van der Waals surface area contributed by atoms with Gasteiger partial charge in [-0.15, -0.1) is 0 Å². The molecule has 0 heterocycles. The lowest BCUT2D eigenvalue weighted by Gasteiger charge is -2.14. The Labute approximate surface area is 126 Å². The van der Waals surface area contributed by atoms with Crippen LogP contribution in [0, 0.1) is 24.6 Å². The molecule has 0 aromatic heterocycles. The molecule has 2 aliphatic carbocycles. The smallest absolute Gasteiger partial charge is 0.171 e. The lowest BCUT2D eigenvalue weighted by atomic mass is 10.1. The summed E-state index contributed by atoms with van der Waals surface area (Å²) in [6, 6.07) is 3.55. The number of benzene rings is 1. The highest BCUT2D eigenvalue weighted by molar-refractivity contribution is 5.41. The van der Waals surface area contributed by atoms with Crippen LogP contribution in [-0.4, -0.2) is 13.2 Å². The van der Waals surface area contributed by atoms with E-state index in [1.807, 2.05) is 6.07 Å². The molecule has 0 radical (unpaired) electrons. The van der Waals surface area contributed by atoms with Crippen LogP contribution in [0.25, 0.3) is 0 Å². The largest absolute Gasteiger partial charge is 0.493 e. The molecule has 3 rings (SSSR count). The fourth-order valence-electron chi connectivity index (χ4n) is 3.04. The van der Waals surface area contributed by atoms with Gasteiger partial charge in [-0.2, -0.15) is 0 Å². The monoisotopic (exact) mass is 292 g/mol. The van der Waals surface area contributed by atoms with Crippen LogP contribution in [0.5, 0.6) is 11.5 Å². The minimum atomic E-state index is -0.269. The summed E-state index contributed by atoms with van der Waals surface area (Å²) < 4.78 is 25.6. The summed E-state index contributed by atoms with van der Waals surface area (Å²) in [5, 5.41) is 0. The van der Waals surface area contributed by atoms with E-state index in [1.165, 1.54) is 38.5 Å². The molecule has 1 aromatic carbocycles. The van der Waals surface area contributed by atoms with Gasteiger partial charge in [0.15, 0.2) is 11.6 Å². The molecule has 2 fully saturated rings. The van der Waals surface area contributed by atoms with E-state index in [9.17, 15) is 4.39 Å². The van der Waals surface area contributed by atoms with Gasteiger partial charge in [-0.3, -0.25) is 0 Å². The van der Waals surface area contributed by atoms with Crippen LogP contribution in [0.3, 0.4) is 0 Å². The molecular formula is C18H25FO2. The van der Waals surface area contributed by atoms with Crippen molar-refractivity contribution in [2.45, 2.75) is 51.9 Å². The number of hydrogen-bond donors (Lipinski definition) is 0. The van der Waals surface area contributed by atoms with E-state index in [0.29, 0.717) is 36.2 Å². The third kappa shape index (κ3) is 3.90. The number of halogens is 1. The van der Waals surface area contributed by atoms with Crippen LogP contribution in [0.1, 0.15) is 50.5 Å². The van der Waals surface area contributed by atoms with E-state index in [-0.39, 0.29) is 5.82 Å². The molecule has 2 aliphatic rings. The molecule has 0 unspecified atom stereocenters. The van der Waals surface area contributed by atoms with E-state index in [4.69, 9.17) is 9.47 Å². The third-order valence-electron chi connectivity index (χ3n) is 4.73. The maximum atomic E-state index is 14.3. The predicted molar refractivity (Wildman–Crippen MR) is 81.4 cm³/mol. The molecule has 0 amide bonds. The van der Waals surface area contributed by atoms with Gasteiger partial charge in [0.2, 0.25) is 0 Å². The van der Waals surface area contributed by atoms with Gasteiger partial charge < -0.3 is 9.47 Å². The summed E-state index contributed by atoms with van der Waals surface area (Å²) in [7, 11) is 0. The van der Waals surface area contributed by atoms with Crippen molar-refractivity contribution in [2.75, 3.05) is 13.2 Å². The normalized spacial score (nSPS) is 19.0. The minimum Gasteiger partial charge on any atom is -0.493 e. The Kier molecular flexibility index (Phi) is 4.67. The van der Waals surface area contributed by atoms with Crippen LogP contribution in [-0.2, 0) is 0 Å². The Bertz CT molecular complexity index is 476. The van der Waals surface area contributed by atoms with Crippen LogP contribution in [0.2, 0.25) is 0 Å². The molecule has 1 aromatic rings. The predicted octanol–water partition coefficient (Wildman–Crippen LogP) is 4.88. The fourth-order valence-corrected chi connectivity index (χ4v) is 3.04. The summed E-state index contributed by atoms with van der Waals surface area (Å²) in [5.74, 6) is 2.20. The van der Waals surface area contributed by atoms with Gasteiger partial charge in [-0.05, 0) is 50.2 Å². The van der Waals surface area contributed by atoms with E-state index in [2.05, 4.69) is 0 Å². The molecule has 116 valence electrons. The summed E-state index contributed by atoms with van der Waals surface area (Å²) in [4.78, 5) is 0. The molecule has 2 nitrogen and oxygen atoms in total. The minimum absolute atomic E-state index is 0.269. The second-order valence-electron chi connectivity index (χ2n) is 6.54. The Morgan fingerprint density at radius 3 is 2.43 bits per heavy atom. The van der Waals surface area contributed by atoms with Crippen molar-refractivity contribution >= 4 is 0 Å². The van der Waals surface area contributed by atoms with Gasteiger partial charge >= 0.3 is 0 Å². The van der Waals surface area contributed by atoms with E-state index >= 15 is 0 Å². The highest BCUT2D eigenvalue weighted by atomic mass is 19.1. The lowest BCUT2D eigenvalue weighted by Crippen LogP contribution is -2.06. The lowest BCUT2D eigenvalue weighted by molar-refractivity contribution is 0.263. The Morgan fingerprint density at radius 1 is 1.00 bits per heavy atom. The van der Waals surface area contributed by atoms with Crippen LogP contribution < -0.4 is 9.47 Å². The molecule has 3 heteroatoms. The number of hydrogen-bond acceptors (Lipinski definition) is 2. The first-order valence-electron chi connectivity index (χ1n) is 8.28. The van der Waals surface area contributed by atoms with Crippen molar-refractivity contribution in [3.05, 3.63) is 23.5 Å². The van der Waals surface area contributed by atoms with Gasteiger partial charge in [0.1, 0.15) is 5.75 Å². The van der Waals surface area contributed by atoms with Gasteiger partial charge in [0, 0.05) is 5.56 Å². The van der Waals surface area contributed by atoms with Crippen molar-refractivity contribution in [3.63, 3.8) is 0 Å². The molecule has 2 saturated carbocycles. The maximum Gasteiger partial charge on any atom is 0.171 e. The quantitative estimate of drug-likeness (QED) is 0.713. The third-order valence-corrected chi connectivity index (χ3v) is 4.73. The molecule has 0 atom stereocenters. The summed E-state index contributed by atoms with van der Waals surface area (Å²) in [5.41, 5.74) is 0.564. The average molecular weight is 292 g/mol. The second kappa shape index (κ2) is 6.67. The molecule has 0 spiro atoms. The standard InChI is InChI=1S/C18H25FO2/c1-13-16(21-12-15-6-7-15)8-9-17(18(13)19)20-11-10-14-4-2-3-5-14/h8-9,14-15H,2-7,10-12H2,1H3. The first-order valence-corrected chi connectivity index (χ1v) is 8.28. The van der Waals surface area contributed by atoms with Crippen molar-refractivity contribution in [2.24, 2.45) is 11.8 Å². The van der Waals surface area contributed by atoms with Gasteiger partial charge in [-0.25, -0.2) is 4.39 Å². The zero-order valence-corrected chi connectivity index (χ0v) is 12.9. The van der Waals surface area contributed by atoms with Gasteiger partial charge in [0.25, 0.3) is 0 Å². The zero-order chi connectivity index (χ0) is 14.7. The average Bonchev–Trinajstić information content (AvgIpc) is 3.17. The van der Waals surface area contributed by atoms with Crippen molar-refractivity contribution in [1.82, 2.24) is 0 Å². The van der Waals surface area contributed by atoms with Crippen molar-refractivity contribution < 1.29 is 13.9 Å². The van der Waals surface area contributed by atoms with Crippen molar-refractivity contribution in [1.29, 1.82) is 0 Å². The Hall–Kier alpha value is -1.25. The second-order valence-corrected chi connectivity index (χ2v) is 6.54. The summed E-state index contributed by atoms with van der Waals surface area (Å²) >= 11 is 0. The molecule has 0 aliphatic heterocycles. The Balaban J connectivity index is 1.53. The summed E-state index contributed by atoms with van der Waals surface area (Å²) in [6.07, 6.45) is 8.81. The van der Waals surface area contributed by atoms with Crippen molar-refractivity contribution in [3.8, 4) is 11.5 Å². The molecule has 21 heavy (non-hydrogen) atoms. The van der Waals surface area contributed by atoms with E-state index < -0.39 is 0 Å². The van der Waals surface area contributed by atoms with Crippen LogP contribution >= 0.6 is 0 Å². The number of ether oxygens (including phenoxy) is 2. The fraction of sp³-hybridized carbons (Fsp3) is 0.667. The van der Waals surface area contributed by atoms with Crippen LogP contribution in [0.15, 0.2) is 12.1 Å². The SMILES string of the molecule is Cc1c(OCC2CC2)ccc(OCCC2CCCC2)c1F. The maximum absolute atomic E-state index is 14.3. The Morgan fingerprint density at radius 2 is 1.71 bits per heavy atom. The number of rotatable bonds is 7. The molecule has 0 N–H and O–H groups in total. The van der Waals surface area contributed by atoms with Crippen LogP contribution in [0.4, 0.5) is 4.39 Å². The van der Waals surface area contributed by atoms with Gasteiger partial charge in [-0.1, -0.05) is 25.7 Å². The van der Waals surface area contributed by atoms with E-state index in [0.717, 1.165) is 12.3 Å². The highest BCUT2D eigenvalue weighted by Crippen LogP contribution is 2.33. The summed E-state index contributed by atoms with van der Waals surface area (Å²) in [6.45, 7) is 3.09. The first kappa shape index (κ1) is 14.7. The first-order chi connectivity index (χ1) is 10.2. The molecule has 0 saturated heterocycles. The topological polar surface area (TPSA) is 18.5 Å². The molecular weight excluding hydrogens is 267 g/mol. The molecule has 0 bridgehead atoms. The zero-order valence-electron chi connectivity index (χ0n) is 12.9. The highest BCUT2D eigenvalue weighted by Gasteiger charge is 2.23. The van der Waals surface area contributed by atoms with E-state index in [1.54, 1.807) is 13.0 Å².